The highest BCUT2D eigenvalue weighted by molar-refractivity contribution is 7.09. The summed E-state index contributed by atoms with van der Waals surface area (Å²) in [6, 6.07) is 0. The van der Waals surface area contributed by atoms with Crippen LogP contribution in [0.25, 0.3) is 0 Å². The Balaban J connectivity index is 1.38. The molecule has 0 radical (unpaired) electrons. The second-order valence-electron chi connectivity index (χ2n) is 6.27. The second kappa shape index (κ2) is 8.50. The fourth-order valence-electron chi connectivity index (χ4n) is 3.00. The zero-order valence-electron chi connectivity index (χ0n) is 13.6. The molecule has 3 rings (SSSR count). The lowest BCUT2D eigenvalue weighted by Gasteiger charge is -2.33. The van der Waals surface area contributed by atoms with Crippen molar-refractivity contribution in [2.45, 2.75) is 38.1 Å². The Hall–Kier alpha value is -0.570. The van der Waals surface area contributed by atoms with Crippen LogP contribution in [-0.2, 0) is 14.2 Å². The standard InChI is InChI=1S/C16H26N2O4S/c1-12-11-23-16(17-12)15-8-18(4-6-22-15)7-13(19)9-20-10-14-3-2-5-21-14/h11,13-15,19H,2-10H2,1H3/t13-,14-,15+/m1/s1. The lowest BCUT2D eigenvalue weighted by Crippen LogP contribution is -2.43. The molecule has 0 unspecified atom stereocenters. The van der Waals surface area contributed by atoms with Crippen molar-refractivity contribution >= 4 is 11.3 Å². The number of nitrogens with zero attached hydrogens (tertiary/aromatic N) is 2. The molecule has 1 aromatic rings. The number of aromatic nitrogens is 1. The number of β-amino-alcohol motifs (C(OH)–C–C–N with tert-alkyl or cyclic N) is 1. The fraction of sp³-hybridized carbons (Fsp3) is 0.812. The van der Waals surface area contributed by atoms with E-state index in [1.165, 1.54) is 0 Å². The minimum absolute atomic E-state index is 0.0162. The van der Waals surface area contributed by atoms with Crippen LogP contribution in [0, 0.1) is 6.92 Å². The zero-order chi connectivity index (χ0) is 16.1. The largest absolute Gasteiger partial charge is 0.389 e. The first kappa shape index (κ1) is 17.3. The molecule has 0 spiro atoms. The Bertz CT molecular complexity index is 478. The minimum Gasteiger partial charge on any atom is -0.389 e. The smallest absolute Gasteiger partial charge is 0.123 e. The van der Waals surface area contributed by atoms with Gasteiger partial charge in [-0.15, -0.1) is 11.3 Å². The quantitative estimate of drug-likeness (QED) is 0.808. The molecular formula is C16H26N2O4S. The van der Waals surface area contributed by atoms with Crippen molar-refractivity contribution in [2.24, 2.45) is 0 Å². The molecule has 2 aliphatic heterocycles. The first-order chi connectivity index (χ1) is 11.2. The first-order valence-electron chi connectivity index (χ1n) is 8.34. The third-order valence-electron chi connectivity index (χ3n) is 4.17. The van der Waals surface area contributed by atoms with Gasteiger partial charge >= 0.3 is 0 Å². The van der Waals surface area contributed by atoms with E-state index in [0.29, 0.717) is 26.4 Å². The molecule has 3 atom stereocenters. The third kappa shape index (κ3) is 5.20. The van der Waals surface area contributed by atoms with Crippen LogP contribution in [0.1, 0.15) is 29.6 Å². The normalized spacial score (nSPS) is 27.4. The number of hydrogen-bond acceptors (Lipinski definition) is 7. The van der Waals surface area contributed by atoms with Crippen molar-refractivity contribution in [3.63, 3.8) is 0 Å². The van der Waals surface area contributed by atoms with Gasteiger partial charge in [0.2, 0.25) is 0 Å². The van der Waals surface area contributed by atoms with Gasteiger partial charge in [-0.25, -0.2) is 4.98 Å². The number of ether oxygens (including phenoxy) is 3. The summed E-state index contributed by atoms with van der Waals surface area (Å²) < 4.78 is 16.9. The fourth-order valence-corrected chi connectivity index (χ4v) is 3.83. The predicted octanol–water partition coefficient (Wildman–Crippen LogP) is 1.38. The molecule has 2 aliphatic rings. The van der Waals surface area contributed by atoms with E-state index in [1.54, 1.807) is 11.3 Å². The summed E-state index contributed by atoms with van der Waals surface area (Å²) in [5.41, 5.74) is 1.04. The van der Waals surface area contributed by atoms with Gasteiger partial charge in [-0.1, -0.05) is 0 Å². The molecule has 130 valence electrons. The summed E-state index contributed by atoms with van der Waals surface area (Å²) in [6.07, 6.45) is 1.93. The molecule has 0 saturated carbocycles. The van der Waals surface area contributed by atoms with E-state index in [-0.39, 0.29) is 12.2 Å². The average Bonchev–Trinajstić information content (AvgIpc) is 3.19. The monoisotopic (exact) mass is 342 g/mol. The Kier molecular flexibility index (Phi) is 6.38. The number of aryl methyl sites for hydroxylation is 1. The van der Waals surface area contributed by atoms with Crippen molar-refractivity contribution < 1.29 is 19.3 Å². The third-order valence-corrected chi connectivity index (χ3v) is 5.22. The maximum absolute atomic E-state index is 10.2. The minimum atomic E-state index is -0.479. The first-order valence-corrected chi connectivity index (χ1v) is 9.22. The van der Waals surface area contributed by atoms with Crippen molar-refractivity contribution in [1.29, 1.82) is 0 Å². The van der Waals surface area contributed by atoms with Crippen LogP contribution >= 0.6 is 11.3 Å². The molecule has 1 N–H and O–H groups in total. The highest BCUT2D eigenvalue weighted by Crippen LogP contribution is 2.25. The maximum Gasteiger partial charge on any atom is 0.123 e. The topological polar surface area (TPSA) is 64.1 Å². The van der Waals surface area contributed by atoms with Gasteiger partial charge in [0.1, 0.15) is 11.1 Å². The summed E-state index contributed by atoms with van der Waals surface area (Å²) in [4.78, 5) is 6.73. The second-order valence-corrected chi connectivity index (χ2v) is 7.16. The lowest BCUT2D eigenvalue weighted by atomic mass is 10.2. The van der Waals surface area contributed by atoms with Crippen LogP contribution < -0.4 is 0 Å². The van der Waals surface area contributed by atoms with Crippen molar-refractivity contribution in [1.82, 2.24) is 9.88 Å². The molecule has 7 heteroatoms. The van der Waals surface area contributed by atoms with E-state index in [9.17, 15) is 5.11 Å². The SMILES string of the molecule is Cc1csc([C@@H]2CN(C[C@@H](O)COC[C@H]3CCCO3)CCO2)n1. The summed E-state index contributed by atoms with van der Waals surface area (Å²) in [5.74, 6) is 0. The summed E-state index contributed by atoms with van der Waals surface area (Å²) in [5, 5.41) is 13.2. The molecule has 23 heavy (non-hydrogen) atoms. The Morgan fingerprint density at radius 2 is 2.39 bits per heavy atom. The van der Waals surface area contributed by atoms with E-state index in [0.717, 1.165) is 43.2 Å². The van der Waals surface area contributed by atoms with E-state index in [4.69, 9.17) is 14.2 Å². The number of aliphatic hydroxyl groups excluding tert-OH is 1. The van der Waals surface area contributed by atoms with Crippen LogP contribution in [0.2, 0.25) is 0 Å². The summed E-state index contributed by atoms with van der Waals surface area (Å²) in [6.45, 7) is 6.67. The van der Waals surface area contributed by atoms with Crippen molar-refractivity contribution in [3.8, 4) is 0 Å². The Labute approximate surface area is 141 Å². The number of morpholine rings is 1. The molecular weight excluding hydrogens is 316 g/mol. The van der Waals surface area contributed by atoms with E-state index in [1.807, 2.05) is 12.3 Å². The van der Waals surface area contributed by atoms with Gasteiger partial charge in [0.15, 0.2) is 0 Å². The molecule has 3 heterocycles. The Morgan fingerprint density at radius 1 is 1.48 bits per heavy atom. The van der Waals surface area contributed by atoms with Gasteiger partial charge in [0.25, 0.3) is 0 Å². The lowest BCUT2D eigenvalue weighted by molar-refractivity contribution is -0.0594. The molecule has 1 aromatic heterocycles. The van der Waals surface area contributed by atoms with Gasteiger partial charge in [0, 0.05) is 37.3 Å². The van der Waals surface area contributed by atoms with Crippen LogP contribution in [-0.4, -0.2) is 73.3 Å². The van der Waals surface area contributed by atoms with Gasteiger partial charge in [0.05, 0.1) is 32.0 Å². The van der Waals surface area contributed by atoms with Crippen LogP contribution in [0.5, 0.6) is 0 Å². The highest BCUT2D eigenvalue weighted by Gasteiger charge is 2.25. The van der Waals surface area contributed by atoms with E-state index < -0.39 is 6.10 Å². The molecule has 6 nitrogen and oxygen atoms in total. The number of hydrogen-bond donors (Lipinski definition) is 1. The molecule has 0 bridgehead atoms. The number of thiazole rings is 1. The Morgan fingerprint density at radius 3 is 3.13 bits per heavy atom. The van der Waals surface area contributed by atoms with Crippen LogP contribution in [0.15, 0.2) is 5.38 Å². The van der Waals surface area contributed by atoms with Crippen LogP contribution in [0.4, 0.5) is 0 Å². The van der Waals surface area contributed by atoms with Gasteiger partial charge < -0.3 is 19.3 Å². The average molecular weight is 342 g/mol. The van der Waals surface area contributed by atoms with Crippen molar-refractivity contribution in [3.05, 3.63) is 16.1 Å². The molecule has 0 aliphatic carbocycles. The van der Waals surface area contributed by atoms with E-state index >= 15 is 0 Å². The maximum atomic E-state index is 10.2. The summed E-state index contributed by atoms with van der Waals surface area (Å²) >= 11 is 1.64. The van der Waals surface area contributed by atoms with Crippen LogP contribution in [0.3, 0.4) is 0 Å². The number of rotatable bonds is 7. The van der Waals surface area contributed by atoms with Gasteiger partial charge in [-0.05, 0) is 19.8 Å². The van der Waals surface area contributed by atoms with E-state index in [2.05, 4.69) is 9.88 Å². The van der Waals surface area contributed by atoms with Gasteiger partial charge in [-0.3, -0.25) is 4.90 Å². The molecule has 2 fully saturated rings. The molecule has 0 amide bonds. The highest BCUT2D eigenvalue weighted by atomic mass is 32.1. The molecule has 2 saturated heterocycles. The predicted molar refractivity (Wildman–Crippen MR) is 87.8 cm³/mol. The van der Waals surface area contributed by atoms with Crippen molar-refractivity contribution in [2.75, 3.05) is 46.1 Å². The molecule has 0 aromatic carbocycles. The van der Waals surface area contributed by atoms with Gasteiger partial charge in [-0.2, -0.15) is 0 Å². The summed E-state index contributed by atoms with van der Waals surface area (Å²) in [7, 11) is 0. The zero-order valence-corrected chi connectivity index (χ0v) is 14.5. The number of aliphatic hydroxyl groups is 1.